The monoisotopic (exact) mass is 251 g/mol. The lowest BCUT2D eigenvalue weighted by atomic mass is 10.1. The van der Waals surface area contributed by atoms with Gasteiger partial charge in [-0.1, -0.05) is 0 Å². The smallest absolute Gasteiger partial charge is 0.254 e. The van der Waals surface area contributed by atoms with Gasteiger partial charge in [0.05, 0.1) is 5.56 Å². The number of rotatable bonds is 3. The Morgan fingerprint density at radius 2 is 2.39 bits per heavy atom. The summed E-state index contributed by atoms with van der Waals surface area (Å²) in [6.07, 6.45) is 0.960. The van der Waals surface area contributed by atoms with Crippen LogP contribution in [0.2, 0.25) is 0 Å². The molecule has 1 aromatic heterocycles. The normalized spacial score (nSPS) is 19.2. The summed E-state index contributed by atoms with van der Waals surface area (Å²) in [4.78, 5) is 27.3. The Labute approximate surface area is 105 Å². The maximum atomic E-state index is 12.1. The van der Waals surface area contributed by atoms with Gasteiger partial charge in [-0.15, -0.1) is 0 Å². The van der Waals surface area contributed by atoms with E-state index in [4.69, 9.17) is 0 Å². The highest BCUT2D eigenvalue weighted by Crippen LogP contribution is 2.18. The molecule has 1 atom stereocenters. The zero-order chi connectivity index (χ0) is 13.1. The third kappa shape index (κ3) is 2.70. The Hall–Kier alpha value is -1.82. The van der Waals surface area contributed by atoms with Crippen LogP contribution in [0.25, 0.3) is 0 Å². The highest BCUT2D eigenvalue weighted by atomic mass is 16.3. The van der Waals surface area contributed by atoms with Crippen LogP contribution in [-0.4, -0.2) is 47.6 Å². The third-order valence-electron chi connectivity index (χ3n) is 3.14. The van der Waals surface area contributed by atoms with E-state index in [9.17, 15) is 14.7 Å². The molecule has 0 aromatic carbocycles. The number of carbonyl (C=O) groups is 1. The van der Waals surface area contributed by atoms with Crippen molar-refractivity contribution < 1.29 is 9.90 Å². The standard InChI is InChI=1S/C12H17N3O3/c1-13-6-8-2-3-15(7-8)12(18)9-4-10(16)14-11(17)5-9/h4-5,8,13H,2-3,6-7H2,1H3,(H2,14,16,17). The Balaban J connectivity index is 2.10. The quantitative estimate of drug-likeness (QED) is 0.692. The second-order valence-electron chi connectivity index (χ2n) is 4.58. The van der Waals surface area contributed by atoms with Crippen LogP contribution in [0.5, 0.6) is 5.88 Å². The van der Waals surface area contributed by atoms with Gasteiger partial charge >= 0.3 is 0 Å². The molecular weight excluding hydrogens is 234 g/mol. The van der Waals surface area contributed by atoms with E-state index in [0.29, 0.717) is 19.0 Å². The molecule has 1 unspecified atom stereocenters. The van der Waals surface area contributed by atoms with Crippen molar-refractivity contribution in [2.45, 2.75) is 6.42 Å². The molecule has 1 aliphatic rings. The van der Waals surface area contributed by atoms with E-state index in [0.717, 1.165) is 13.0 Å². The molecule has 1 saturated heterocycles. The fourth-order valence-electron chi connectivity index (χ4n) is 2.31. The lowest BCUT2D eigenvalue weighted by Crippen LogP contribution is -2.31. The minimum absolute atomic E-state index is 0.199. The van der Waals surface area contributed by atoms with Gasteiger partial charge in [0.15, 0.2) is 5.88 Å². The van der Waals surface area contributed by atoms with Gasteiger partial charge < -0.3 is 15.3 Å². The number of nitrogens with zero attached hydrogens (tertiary/aromatic N) is 1. The van der Waals surface area contributed by atoms with Crippen molar-refractivity contribution >= 4 is 5.91 Å². The second-order valence-corrected chi connectivity index (χ2v) is 4.58. The van der Waals surface area contributed by atoms with Gasteiger partial charge in [-0.3, -0.25) is 14.6 Å². The summed E-state index contributed by atoms with van der Waals surface area (Å²) in [5.41, 5.74) is -0.231. The molecule has 1 aliphatic heterocycles. The molecule has 1 amide bonds. The van der Waals surface area contributed by atoms with Crippen LogP contribution in [0.4, 0.5) is 0 Å². The molecule has 18 heavy (non-hydrogen) atoms. The summed E-state index contributed by atoms with van der Waals surface area (Å²) < 4.78 is 0. The maximum absolute atomic E-state index is 12.1. The van der Waals surface area contributed by atoms with Gasteiger partial charge in [-0.25, -0.2) is 0 Å². The van der Waals surface area contributed by atoms with E-state index in [-0.39, 0.29) is 17.4 Å². The van der Waals surface area contributed by atoms with Crippen molar-refractivity contribution in [1.29, 1.82) is 0 Å². The van der Waals surface area contributed by atoms with Crippen molar-refractivity contribution in [2.24, 2.45) is 5.92 Å². The highest BCUT2D eigenvalue weighted by molar-refractivity contribution is 5.94. The van der Waals surface area contributed by atoms with Crippen molar-refractivity contribution in [2.75, 3.05) is 26.7 Å². The van der Waals surface area contributed by atoms with Gasteiger partial charge in [-0.2, -0.15) is 0 Å². The number of H-pyrrole nitrogens is 1. The molecule has 2 heterocycles. The fraction of sp³-hybridized carbons (Fsp3) is 0.500. The molecule has 0 spiro atoms. The molecular formula is C12H17N3O3. The third-order valence-corrected chi connectivity index (χ3v) is 3.14. The van der Waals surface area contributed by atoms with Crippen molar-refractivity contribution in [3.8, 4) is 5.88 Å². The minimum Gasteiger partial charge on any atom is -0.494 e. The number of carbonyl (C=O) groups excluding carboxylic acids is 1. The molecule has 0 radical (unpaired) electrons. The summed E-state index contributed by atoms with van der Waals surface area (Å²) in [5.74, 6) is -0.0265. The number of nitrogens with one attached hydrogen (secondary N) is 2. The van der Waals surface area contributed by atoms with E-state index in [1.165, 1.54) is 12.1 Å². The Kier molecular flexibility index (Phi) is 3.66. The number of amides is 1. The lowest BCUT2D eigenvalue weighted by molar-refractivity contribution is 0.0786. The van der Waals surface area contributed by atoms with E-state index >= 15 is 0 Å². The van der Waals surface area contributed by atoms with E-state index < -0.39 is 5.56 Å². The largest absolute Gasteiger partial charge is 0.494 e. The first-order chi connectivity index (χ1) is 8.60. The van der Waals surface area contributed by atoms with Crippen LogP contribution < -0.4 is 10.9 Å². The zero-order valence-electron chi connectivity index (χ0n) is 10.3. The van der Waals surface area contributed by atoms with E-state index in [1.807, 2.05) is 7.05 Å². The SMILES string of the molecule is CNCC1CCN(C(=O)c2cc(O)[nH]c(=O)c2)C1. The van der Waals surface area contributed by atoms with Crippen LogP contribution in [0.3, 0.4) is 0 Å². The first-order valence-corrected chi connectivity index (χ1v) is 5.97. The Morgan fingerprint density at radius 3 is 3.06 bits per heavy atom. The van der Waals surface area contributed by atoms with Gasteiger partial charge in [-0.05, 0) is 25.9 Å². The summed E-state index contributed by atoms with van der Waals surface area (Å²) in [7, 11) is 1.89. The highest BCUT2D eigenvalue weighted by Gasteiger charge is 2.26. The molecule has 1 fully saturated rings. The summed E-state index contributed by atoms with van der Waals surface area (Å²) in [6.45, 7) is 2.26. The van der Waals surface area contributed by atoms with Crippen molar-refractivity contribution in [3.05, 3.63) is 28.0 Å². The fourth-order valence-corrected chi connectivity index (χ4v) is 2.31. The van der Waals surface area contributed by atoms with E-state index in [2.05, 4.69) is 10.3 Å². The van der Waals surface area contributed by atoms with Gasteiger partial charge in [0, 0.05) is 25.2 Å². The minimum atomic E-state index is -0.468. The van der Waals surface area contributed by atoms with Gasteiger partial charge in [0.25, 0.3) is 11.5 Å². The number of aromatic nitrogens is 1. The molecule has 98 valence electrons. The van der Waals surface area contributed by atoms with Crippen LogP contribution in [0, 0.1) is 5.92 Å². The molecule has 1 aromatic rings. The first kappa shape index (κ1) is 12.6. The number of likely N-dealkylation sites (tertiary alicyclic amines) is 1. The average molecular weight is 251 g/mol. The first-order valence-electron chi connectivity index (χ1n) is 5.97. The number of pyridine rings is 1. The summed E-state index contributed by atoms with van der Waals surface area (Å²) >= 11 is 0. The zero-order valence-corrected chi connectivity index (χ0v) is 10.3. The summed E-state index contributed by atoms with van der Waals surface area (Å²) in [6, 6.07) is 2.50. The lowest BCUT2D eigenvalue weighted by Gasteiger charge is -2.16. The Morgan fingerprint density at radius 1 is 1.61 bits per heavy atom. The number of aromatic amines is 1. The maximum Gasteiger partial charge on any atom is 0.254 e. The summed E-state index contributed by atoms with van der Waals surface area (Å²) in [5, 5.41) is 12.4. The van der Waals surface area contributed by atoms with Crippen LogP contribution in [-0.2, 0) is 0 Å². The Bertz CT molecular complexity index is 498. The van der Waals surface area contributed by atoms with Crippen molar-refractivity contribution in [1.82, 2.24) is 15.2 Å². The van der Waals surface area contributed by atoms with Crippen LogP contribution >= 0.6 is 0 Å². The molecule has 6 heteroatoms. The predicted molar refractivity (Wildman–Crippen MR) is 66.7 cm³/mol. The number of hydrogen-bond acceptors (Lipinski definition) is 4. The number of hydrogen-bond donors (Lipinski definition) is 3. The van der Waals surface area contributed by atoms with Gasteiger partial charge in [0.2, 0.25) is 0 Å². The second kappa shape index (κ2) is 5.22. The van der Waals surface area contributed by atoms with Gasteiger partial charge in [0.1, 0.15) is 0 Å². The molecule has 2 rings (SSSR count). The molecule has 3 N–H and O–H groups in total. The topological polar surface area (TPSA) is 85.4 Å². The van der Waals surface area contributed by atoms with Crippen LogP contribution in [0.15, 0.2) is 16.9 Å². The number of aromatic hydroxyl groups is 1. The average Bonchev–Trinajstić information content (AvgIpc) is 2.76. The molecule has 0 bridgehead atoms. The van der Waals surface area contributed by atoms with Crippen molar-refractivity contribution in [3.63, 3.8) is 0 Å². The molecule has 0 aliphatic carbocycles. The molecule has 6 nitrogen and oxygen atoms in total. The molecule has 0 saturated carbocycles. The van der Waals surface area contributed by atoms with Crippen LogP contribution in [0.1, 0.15) is 16.8 Å². The van der Waals surface area contributed by atoms with E-state index in [1.54, 1.807) is 4.90 Å². The predicted octanol–water partition coefficient (Wildman–Crippen LogP) is -0.238.